The molecule has 4 atom stereocenters. The summed E-state index contributed by atoms with van der Waals surface area (Å²) in [5, 5.41) is 3.62. The van der Waals surface area contributed by atoms with Crippen LogP contribution in [0.1, 0.15) is 18.7 Å². The second-order valence-electron chi connectivity index (χ2n) is 8.75. The number of esters is 1. The van der Waals surface area contributed by atoms with Crippen molar-refractivity contribution in [2.45, 2.75) is 31.7 Å². The van der Waals surface area contributed by atoms with Gasteiger partial charge in [0, 0.05) is 11.8 Å². The van der Waals surface area contributed by atoms with Crippen LogP contribution in [0.2, 0.25) is 0 Å². The summed E-state index contributed by atoms with van der Waals surface area (Å²) in [6, 6.07) is 8.25. The summed E-state index contributed by atoms with van der Waals surface area (Å²) < 4.78 is 51.5. The molecule has 1 aliphatic rings. The van der Waals surface area contributed by atoms with Crippen molar-refractivity contribution in [1.29, 1.82) is 0 Å². The van der Waals surface area contributed by atoms with Crippen LogP contribution in [0.25, 0.3) is 10.8 Å². The molecule has 0 saturated carbocycles. The Morgan fingerprint density at radius 2 is 2.03 bits per heavy atom. The molecule has 2 N–H and O–H groups in total. The number of H-pyrrole nitrogens is 1. The first-order valence-corrected chi connectivity index (χ1v) is 13.2. The predicted molar refractivity (Wildman–Crippen MR) is 140 cm³/mol. The first-order chi connectivity index (χ1) is 18.5. The number of halogens is 1. The molecule has 3 aromatic rings. The van der Waals surface area contributed by atoms with Crippen molar-refractivity contribution in [1.82, 2.24) is 14.6 Å². The minimum absolute atomic E-state index is 0.261. The van der Waals surface area contributed by atoms with Crippen molar-refractivity contribution in [3.63, 3.8) is 0 Å². The van der Waals surface area contributed by atoms with Gasteiger partial charge in [-0.1, -0.05) is 30.2 Å². The number of terminal acetylenes is 1. The standard InChI is InChI=1S/C26H25FN3O8P/c1-5-26(11-10-22(37-26)30-14-16(2)23(31)28-25(30)33)15-36-39(34,29-17(3)24(32)35-4)38-21-13-19-9-7-6-8-18(19)12-20(21)27/h1,6-14,17,22H,15H2,2-4H3,(H,29,34)(H,28,31,33)/t17-,22+,26-,39-/m0/s1. The molecule has 0 bridgehead atoms. The van der Waals surface area contributed by atoms with Crippen LogP contribution in [0, 0.1) is 25.1 Å². The van der Waals surface area contributed by atoms with Crippen LogP contribution in [-0.2, 0) is 23.4 Å². The Bertz CT molecular complexity index is 1660. The number of nitrogens with one attached hydrogen (secondary N) is 2. The van der Waals surface area contributed by atoms with Crippen LogP contribution < -0.4 is 20.9 Å². The Balaban J connectivity index is 1.60. The van der Waals surface area contributed by atoms with Gasteiger partial charge in [-0.25, -0.2) is 13.8 Å². The van der Waals surface area contributed by atoms with Crippen LogP contribution in [0.4, 0.5) is 4.39 Å². The van der Waals surface area contributed by atoms with Crippen molar-refractivity contribution in [2.75, 3.05) is 13.7 Å². The zero-order valence-electron chi connectivity index (χ0n) is 21.2. The summed E-state index contributed by atoms with van der Waals surface area (Å²) in [7, 11) is -3.37. The van der Waals surface area contributed by atoms with Gasteiger partial charge < -0.3 is 14.0 Å². The fourth-order valence-corrected chi connectivity index (χ4v) is 5.31. The molecule has 0 amide bonds. The number of aromatic nitrogens is 2. The molecule has 2 aromatic carbocycles. The fraction of sp³-hybridized carbons (Fsp3) is 0.269. The summed E-state index contributed by atoms with van der Waals surface area (Å²) in [6.45, 7) is 2.28. The number of aromatic amines is 1. The van der Waals surface area contributed by atoms with Gasteiger partial charge in [-0.05, 0) is 48.9 Å². The predicted octanol–water partition coefficient (Wildman–Crippen LogP) is 2.95. The van der Waals surface area contributed by atoms with Gasteiger partial charge in [0.05, 0.1) is 7.11 Å². The Labute approximate surface area is 222 Å². The molecule has 0 saturated heterocycles. The van der Waals surface area contributed by atoms with E-state index in [1.54, 1.807) is 24.3 Å². The maximum atomic E-state index is 14.9. The molecule has 1 aromatic heterocycles. The molecule has 39 heavy (non-hydrogen) atoms. The summed E-state index contributed by atoms with van der Waals surface area (Å²) in [5.41, 5.74) is -2.65. The number of hydrogen-bond acceptors (Lipinski definition) is 8. The third kappa shape index (κ3) is 6.02. The van der Waals surface area contributed by atoms with E-state index < -0.39 is 61.0 Å². The summed E-state index contributed by atoms with van der Waals surface area (Å²) in [5.74, 6) is 0.397. The number of nitrogens with zero attached hydrogens (tertiary/aromatic N) is 1. The Kier molecular flexibility index (Phi) is 7.90. The summed E-state index contributed by atoms with van der Waals surface area (Å²) in [4.78, 5) is 38.2. The molecular weight excluding hydrogens is 532 g/mol. The van der Waals surface area contributed by atoms with Crippen LogP contribution in [-0.4, -0.2) is 40.9 Å². The monoisotopic (exact) mass is 557 g/mol. The number of aryl methyl sites for hydroxylation is 1. The SMILES string of the molecule is C#C[C@@]1(CO[P@@](=O)(N[C@@H](C)C(=O)OC)Oc2cc3ccccc3cc2F)C=C[C@H](n2cc(C)c(=O)[nH]c2=O)O1. The zero-order valence-corrected chi connectivity index (χ0v) is 22.1. The number of fused-ring (bicyclic) bond motifs is 1. The number of carbonyl (C=O) groups excluding carboxylic acids is 1. The van der Waals surface area contributed by atoms with Gasteiger partial charge in [-0.2, -0.15) is 5.09 Å². The maximum Gasteiger partial charge on any atom is 0.459 e. The summed E-state index contributed by atoms with van der Waals surface area (Å²) >= 11 is 0. The highest BCUT2D eigenvalue weighted by Gasteiger charge is 2.41. The second-order valence-corrected chi connectivity index (χ2v) is 10.4. The average molecular weight is 557 g/mol. The molecule has 1 aliphatic heterocycles. The largest absolute Gasteiger partial charge is 0.468 e. The van der Waals surface area contributed by atoms with Crippen LogP contribution in [0.3, 0.4) is 0 Å². The van der Waals surface area contributed by atoms with Gasteiger partial charge in [-0.15, -0.1) is 6.42 Å². The number of methoxy groups -OCH3 is 1. The summed E-state index contributed by atoms with van der Waals surface area (Å²) in [6.07, 6.45) is 8.86. The number of carbonyl (C=O) groups is 1. The normalized spacial score (nSPS) is 20.7. The van der Waals surface area contributed by atoms with Crippen molar-refractivity contribution >= 4 is 24.5 Å². The van der Waals surface area contributed by atoms with Gasteiger partial charge >= 0.3 is 19.4 Å². The molecule has 0 spiro atoms. The van der Waals surface area contributed by atoms with Crippen molar-refractivity contribution in [2.24, 2.45) is 0 Å². The minimum atomic E-state index is -4.51. The molecule has 0 aliphatic carbocycles. The van der Waals surface area contributed by atoms with E-state index in [0.29, 0.717) is 10.8 Å². The highest BCUT2D eigenvalue weighted by molar-refractivity contribution is 7.52. The number of benzene rings is 2. The number of ether oxygens (including phenoxy) is 2. The molecule has 13 heteroatoms. The van der Waals surface area contributed by atoms with Gasteiger partial charge in [-0.3, -0.25) is 23.7 Å². The lowest BCUT2D eigenvalue weighted by Gasteiger charge is -2.28. The average Bonchev–Trinajstić information content (AvgIpc) is 3.34. The first kappa shape index (κ1) is 28.0. The van der Waals surface area contributed by atoms with Crippen molar-refractivity contribution < 1.29 is 32.3 Å². The third-order valence-electron chi connectivity index (χ3n) is 5.90. The maximum absolute atomic E-state index is 14.9. The van der Waals surface area contributed by atoms with Crippen LogP contribution in [0.5, 0.6) is 5.75 Å². The van der Waals surface area contributed by atoms with E-state index in [9.17, 15) is 23.3 Å². The minimum Gasteiger partial charge on any atom is -0.468 e. The quantitative estimate of drug-likeness (QED) is 0.176. The Hall–Kier alpha value is -4.01. The van der Waals surface area contributed by atoms with E-state index in [4.69, 9.17) is 20.2 Å². The van der Waals surface area contributed by atoms with E-state index in [1.165, 1.54) is 44.3 Å². The first-order valence-electron chi connectivity index (χ1n) is 11.6. The zero-order chi connectivity index (χ0) is 28.4. The highest BCUT2D eigenvalue weighted by Crippen LogP contribution is 2.47. The van der Waals surface area contributed by atoms with Gasteiger partial charge in [0.2, 0.25) is 0 Å². The van der Waals surface area contributed by atoms with Crippen LogP contribution >= 0.6 is 7.75 Å². The fourth-order valence-electron chi connectivity index (χ4n) is 3.79. The molecule has 0 unspecified atom stereocenters. The smallest absolute Gasteiger partial charge is 0.459 e. The van der Waals surface area contributed by atoms with E-state index in [1.807, 2.05) is 0 Å². The molecule has 2 heterocycles. The van der Waals surface area contributed by atoms with Gasteiger partial charge in [0.15, 0.2) is 23.4 Å². The topological polar surface area (TPSA) is 138 Å². The second kappa shape index (κ2) is 11.0. The van der Waals surface area contributed by atoms with E-state index in [-0.39, 0.29) is 5.56 Å². The van der Waals surface area contributed by atoms with Gasteiger partial charge in [0.1, 0.15) is 12.6 Å². The Morgan fingerprint density at radius 1 is 1.33 bits per heavy atom. The van der Waals surface area contributed by atoms with E-state index >= 15 is 0 Å². The molecule has 0 fully saturated rings. The highest BCUT2D eigenvalue weighted by atomic mass is 31.2. The lowest BCUT2D eigenvalue weighted by atomic mass is 10.1. The molecule has 4 rings (SSSR count). The Morgan fingerprint density at radius 3 is 2.69 bits per heavy atom. The van der Waals surface area contributed by atoms with Crippen LogP contribution in [0.15, 0.2) is 64.3 Å². The lowest BCUT2D eigenvalue weighted by Crippen LogP contribution is -2.39. The van der Waals surface area contributed by atoms with Gasteiger partial charge in [0.25, 0.3) is 5.56 Å². The third-order valence-corrected chi connectivity index (χ3v) is 7.51. The van der Waals surface area contributed by atoms with E-state index in [0.717, 1.165) is 11.7 Å². The molecule has 0 radical (unpaired) electrons. The molecular formula is C26H25FN3O8P. The number of rotatable bonds is 9. The van der Waals surface area contributed by atoms with Crippen molar-refractivity contribution in [3.05, 3.63) is 87.0 Å². The molecule has 11 nitrogen and oxygen atoms in total. The molecule has 204 valence electrons. The van der Waals surface area contributed by atoms with Crippen molar-refractivity contribution in [3.8, 4) is 18.1 Å². The number of hydrogen-bond donors (Lipinski definition) is 2. The lowest BCUT2D eigenvalue weighted by molar-refractivity contribution is -0.142. The van der Waals surface area contributed by atoms with E-state index in [2.05, 4.69) is 20.7 Å².